The summed E-state index contributed by atoms with van der Waals surface area (Å²) in [6.45, 7) is 2.06. The maximum absolute atomic E-state index is 11.9. The van der Waals surface area contributed by atoms with Crippen LogP contribution in [0.25, 0.3) is 0 Å². The second-order valence-electron chi connectivity index (χ2n) is 3.62. The molecule has 2 aromatic heterocycles. The van der Waals surface area contributed by atoms with Crippen molar-refractivity contribution < 1.29 is 18.7 Å². The number of furan rings is 1. The smallest absolute Gasteiger partial charge is 0.357 e. The Bertz CT molecular complexity index is 589. The number of hydrogen-bond acceptors (Lipinski definition) is 5. The van der Waals surface area contributed by atoms with E-state index < -0.39 is 5.97 Å². The van der Waals surface area contributed by atoms with Crippen LogP contribution in [0.15, 0.2) is 22.8 Å². The van der Waals surface area contributed by atoms with Crippen LogP contribution in [0.3, 0.4) is 0 Å². The molecule has 0 atom stereocenters. The standard InChI is InChI=1S/C12H11ClN2O4/c1-2-18-11(17)10-9(7-16)14-12(13)15(10)6-8-4-3-5-19-8/h3-5,7H,2,6H2,1H3. The van der Waals surface area contributed by atoms with Crippen LogP contribution < -0.4 is 0 Å². The summed E-state index contributed by atoms with van der Waals surface area (Å²) in [5, 5.41) is 0.0292. The van der Waals surface area contributed by atoms with Crippen molar-refractivity contribution in [1.82, 2.24) is 9.55 Å². The Morgan fingerprint density at radius 2 is 2.42 bits per heavy atom. The lowest BCUT2D eigenvalue weighted by Crippen LogP contribution is -2.14. The fourth-order valence-electron chi connectivity index (χ4n) is 1.64. The lowest BCUT2D eigenvalue weighted by Gasteiger charge is -2.07. The lowest BCUT2D eigenvalue weighted by molar-refractivity contribution is 0.0512. The maximum atomic E-state index is 11.9. The normalized spacial score (nSPS) is 10.4. The largest absolute Gasteiger partial charge is 0.467 e. The van der Waals surface area contributed by atoms with Gasteiger partial charge < -0.3 is 13.7 Å². The molecule has 0 bridgehead atoms. The van der Waals surface area contributed by atoms with E-state index in [1.54, 1.807) is 19.1 Å². The third kappa shape index (κ3) is 2.68. The monoisotopic (exact) mass is 282 g/mol. The minimum absolute atomic E-state index is 0.0262. The molecule has 2 heterocycles. The van der Waals surface area contributed by atoms with Gasteiger partial charge in [0.05, 0.1) is 19.4 Å². The van der Waals surface area contributed by atoms with E-state index in [0.717, 1.165) is 0 Å². The Hall–Kier alpha value is -2.08. The van der Waals surface area contributed by atoms with E-state index >= 15 is 0 Å². The first-order valence-corrected chi connectivity index (χ1v) is 5.95. The van der Waals surface area contributed by atoms with E-state index in [1.165, 1.54) is 10.8 Å². The van der Waals surface area contributed by atoms with Gasteiger partial charge in [-0.15, -0.1) is 0 Å². The second-order valence-corrected chi connectivity index (χ2v) is 3.96. The summed E-state index contributed by atoms with van der Waals surface area (Å²) >= 11 is 5.93. The number of nitrogens with zero attached hydrogens (tertiary/aromatic N) is 2. The number of rotatable bonds is 5. The zero-order valence-corrected chi connectivity index (χ0v) is 10.9. The SMILES string of the molecule is CCOC(=O)c1c(C=O)nc(Cl)n1Cc1ccco1. The van der Waals surface area contributed by atoms with Gasteiger partial charge in [-0.3, -0.25) is 4.79 Å². The molecule has 0 spiro atoms. The summed E-state index contributed by atoms with van der Waals surface area (Å²) in [7, 11) is 0. The Morgan fingerprint density at radius 3 is 3.00 bits per heavy atom. The van der Waals surface area contributed by atoms with Crippen LogP contribution in [0.1, 0.15) is 33.7 Å². The predicted octanol–water partition coefficient (Wildman–Crippen LogP) is 2.17. The van der Waals surface area contributed by atoms with E-state index in [-0.39, 0.29) is 29.8 Å². The van der Waals surface area contributed by atoms with Crippen LogP contribution >= 0.6 is 11.6 Å². The van der Waals surface area contributed by atoms with E-state index in [9.17, 15) is 9.59 Å². The minimum atomic E-state index is -0.643. The van der Waals surface area contributed by atoms with Crippen LogP contribution in [0.2, 0.25) is 5.28 Å². The quantitative estimate of drug-likeness (QED) is 0.620. The molecule has 0 amide bonds. The first-order valence-electron chi connectivity index (χ1n) is 5.58. The molecule has 0 radical (unpaired) electrons. The number of halogens is 1. The van der Waals surface area contributed by atoms with Gasteiger partial charge in [0.2, 0.25) is 5.28 Å². The van der Waals surface area contributed by atoms with Gasteiger partial charge in [-0.05, 0) is 30.7 Å². The molecule has 0 aliphatic heterocycles. The zero-order valence-electron chi connectivity index (χ0n) is 10.1. The topological polar surface area (TPSA) is 74.3 Å². The van der Waals surface area contributed by atoms with Crippen molar-refractivity contribution in [3.63, 3.8) is 0 Å². The number of carbonyl (C=O) groups is 2. The number of hydrogen-bond donors (Lipinski definition) is 0. The highest BCUT2D eigenvalue weighted by molar-refractivity contribution is 6.29. The van der Waals surface area contributed by atoms with Crippen molar-refractivity contribution in [1.29, 1.82) is 0 Å². The molecule has 100 valence electrons. The van der Waals surface area contributed by atoms with Crippen molar-refractivity contribution in [2.75, 3.05) is 6.61 Å². The number of ether oxygens (including phenoxy) is 1. The Labute approximate surface area is 113 Å². The molecule has 0 saturated carbocycles. The van der Waals surface area contributed by atoms with Crippen LogP contribution in [0.4, 0.5) is 0 Å². The molecule has 0 unspecified atom stereocenters. The fraction of sp³-hybridized carbons (Fsp3) is 0.250. The first-order chi connectivity index (χ1) is 9.17. The third-order valence-corrected chi connectivity index (χ3v) is 2.71. The van der Waals surface area contributed by atoms with Crippen molar-refractivity contribution in [2.24, 2.45) is 0 Å². The summed E-state index contributed by atoms with van der Waals surface area (Å²) in [6.07, 6.45) is 1.97. The minimum Gasteiger partial charge on any atom is -0.467 e. The molecule has 0 fully saturated rings. The maximum Gasteiger partial charge on any atom is 0.357 e. The van der Waals surface area contributed by atoms with Gasteiger partial charge in [-0.2, -0.15) is 0 Å². The van der Waals surface area contributed by atoms with Gasteiger partial charge in [0.25, 0.3) is 0 Å². The molecule has 0 aliphatic rings. The summed E-state index contributed by atoms with van der Waals surface area (Å²) in [6, 6.07) is 3.44. The Balaban J connectivity index is 2.43. The van der Waals surface area contributed by atoms with Gasteiger partial charge in [0.1, 0.15) is 11.5 Å². The highest BCUT2D eigenvalue weighted by atomic mass is 35.5. The highest BCUT2D eigenvalue weighted by Gasteiger charge is 2.23. The Morgan fingerprint density at radius 1 is 1.63 bits per heavy atom. The summed E-state index contributed by atoms with van der Waals surface area (Å²) in [5.74, 6) is -0.0575. The molecule has 7 heteroatoms. The summed E-state index contributed by atoms with van der Waals surface area (Å²) in [4.78, 5) is 26.6. The summed E-state index contributed by atoms with van der Waals surface area (Å²) in [5.41, 5.74) is -0.0201. The van der Waals surface area contributed by atoms with Crippen molar-refractivity contribution in [2.45, 2.75) is 13.5 Å². The van der Waals surface area contributed by atoms with Gasteiger partial charge >= 0.3 is 5.97 Å². The average molecular weight is 283 g/mol. The fourth-order valence-corrected chi connectivity index (χ4v) is 1.88. The van der Waals surface area contributed by atoms with Crippen LogP contribution in [-0.2, 0) is 11.3 Å². The van der Waals surface area contributed by atoms with Crippen molar-refractivity contribution in [3.05, 3.63) is 40.8 Å². The van der Waals surface area contributed by atoms with Crippen LogP contribution in [-0.4, -0.2) is 28.4 Å². The summed E-state index contributed by atoms with van der Waals surface area (Å²) < 4.78 is 11.5. The van der Waals surface area contributed by atoms with E-state index in [4.69, 9.17) is 20.8 Å². The molecule has 19 heavy (non-hydrogen) atoms. The number of imidazole rings is 1. The van der Waals surface area contributed by atoms with Crippen molar-refractivity contribution >= 4 is 23.9 Å². The number of aromatic nitrogens is 2. The van der Waals surface area contributed by atoms with Crippen LogP contribution in [0, 0.1) is 0 Å². The highest BCUT2D eigenvalue weighted by Crippen LogP contribution is 2.19. The molecule has 2 aromatic rings. The van der Waals surface area contributed by atoms with Gasteiger partial charge in [0, 0.05) is 0 Å². The predicted molar refractivity (Wildman–Crippen MR) is 66.4 cm³/mol. The Kier molecular flexibility index (Phi) is 4.01. The van der Waals surface area contributed by atoms with Gasteiger partial charge in [-0.1, -0.05) is 0 Å². The first kappa shape index (κ1) is 13.4. The zero-order chi connectivity index (χ0) is 13.8. The second kappa shape index (κ2) is 5.71. The number of carbonyl (C=O) groups excluding carboxylic acids is 2. The molecule has 6 nitrogen and oxygen atoms in total. The van der Waals surface area contributed by atoms with E-state index in [2.05, 4.69) is 4.98 Å². The van der Waals surface area contributed by atoms with E-state index in [0.29, 0.717) is 12.0 Å². The van der Waals surface area contributed by atoms with Gasteiger partial charge in [0.15, 0.2) is 12.0 Å². The molecule has 0 saturated heterocycles. The molecular weight excluding hydrogens is 272 g/mol. The van der Waals surface area contributed by atoms with Crippen LogP contribution in [0.5, 0.6) is 0 Å². The molecule has 0 aromatic carbocycles. The third-order valence-electron chi connectivity index (χ3n) is 2.42. The number of aldehydes is 1. The van der Waals surface area contributed by atoms with Crippen molar-refractivity contribution in [3.8, 4) is 0 Å². The van der Waals surface area contributed by atoms with Gasteiger partial charge in [-0.25, -0.2) is 9.78 Å². The number of esters is 1. The molecule has 2 rings (SSSR count). The lowest BCUT2D eigenvalue weighted by atomic mass is 10.3. The molecule has 0 N–H and O–H groups in total. The average Bonchev–Trinajstić information content (AvgIpc) is 2.99. The molecular formula is C12H11ClN2O4. The van der Waals surface area contributed by atoms with E-state index in [1.807, 2.05) is 0 Å². The molecule has 0 aliphatic carbocycles.